The van der Waals surface area contributed by atoms with Gasteiger partial charge in [0.15, 0.2) is 0 Å². The lowest BCUT2D eigenvalue weighted by atomic mass is 10.1. The van der Waals surface area contributed by atoms with Crippen LogP contribution >= 0.6 is 0 Å². The fourth-order valence-corrected chi connectivity index (χ4v) is 2.40. The molecule has 0 spiro atoms. The fraction of sp³-hybridized carbons (Fsp3) is 0.615. The molecule has 2 heterocycles. The molecule has 1 aliphatic heterocycles. The van der Waals surface area contributed by atoms with Gasteiger partial charge in [-0.3, -0.25) is 4.90 Å². The monoisotopic (exact) mass is 250 g/mol. The Balaban J connectivity index is 2.10. The molecule has 1 aromatic rings. The van der Waals surface area contributed by atoms with Crippen molar-refractivity contribution < 1.29 is 4.74 Å². The molecule has 1 aliphatic rings. The van der Waals surface area contributed by atoms with Gasteiger partial charge in [0.25, 0.3) is 0 Å². The largest absolute Gasteiger partial charge is 0.376 e. The van der Waals surface area contributed by atoms with E-state index in [0.717, 1.165) is 37.5 Å². The molecule has 1 aromatic heterocycles. The van der Waals surface area contributed by atoms with Gasteiger partial charge in [0.1, 0.15) is 5.82 Å². The average Bonchev–Trinajstić information content (AvgIpc) is 2.40. The van der Waals surface area contributed by atoms with Crippen LogP contribution in [-0.4, -0.2) is 35.2 Å². The fourth-order valence-electron chi connectivity index (χ4n) is 2.40. The molecule has 2 atom stereocenters. The molecular weight excluding hydrogens is 228 g/mol. The molecule has 100 valence electrons. The highest BCUT2D eigenvalue weighted by molar-refractivity contribution is 5.42. The number of morpholine rings is 1. The Morgan fingerprint density at radius 2 is 2.44 bits per heavy atom. The minimum Gasteiger partial charge on any atom is -0.376 e. The number of hydrogen-bond donors (Lipinski definition) is 2. The molecule has 1 saturated heterocycles. The molecule has 1 fully saturated rings. The predicted octanol–water partition coefficient (Wildman–Crippen LogP) is 1.37. The van der Waals surface area contributed by atoms with Crippen LogP contribution in [0.3, 0.4) is 0 Å². The van der Waals surface area contributed by atoms with E-state index < -0.39 is 0 Å². The number of nitrogen functional groups attached to an aromatic ring is 1. The second kappa shape index (κ2) is 6.13. The summed E-state index contributed by atoms with van der Waals surface area (Å²) in [6.45, 7) is 6.94. The summed E-state index contributed by atoms with van der Waals surface area (Å²) < 4.78 is 5.71. The molecule has 0 aliphatic carbocycles. The van der Waals surface area contributed by atoms with Crippen molar-refractivity contribution in [2.75, 3.05) is 18.6 Å². The molecule has 0 bridgehead atoms. The summed E-state index contributed by atoms with van der Waals surface area (Å²) in [5.41, 5.74) is 3.79. The number of hydrogen-bond acceptors (Lipinski definition) is 5. The number of rotatable bonds is 4. The molecule has 0 aromatic carbocycles. The van der Waals surface area contributed by atoms with Crippen LogP contribution in [-0.2, 0) is 11.3 Å². The van der Waals surface area contributed by atoms with E-state index in [0.29, 0.717) is 12.1 Å². The van der Waals surface area contributed by atoms with Crippen LogP contribution in [0.1, 0.15) is 25.8 Å². The van der Waals surface area contributed by atoms with E-state index in [9.17, 15) is 0 Å². The normalized spacial score (nSPS) is 25.1. The van der Waals surface area contributed by atoms with Gasteiger partial charge in [0.05, 0.1) is 12.7 Å². The minimum absolute atomic E-state index is 0.291. The van der Waals surface area contributed by atoms with Gasteiger partial charge in [-0.1, -0.05) is 13.0 Å². The van der Waals surface area contributed by atoms with E-state index in [1.54, 1.807) is 6.20 Å². The van der Waals surface area contributed by atoms with Crippen LogP contribution in [0.5, 0.6) is 0 Å². The van der Waals surface area contributed by atoms with Crippen LogP contribution in [0.15, 0.2) is 18.3 Å². The maximum absolute atomic E-state index is 5.71. The van der Waals surface area contributed by atoms with Gasteiger partial charge >= 0.3 is 0 Å². The Morgan fingerprint density at radius 3 is 3.17 bits per heavy atom. The highest BCUT2D eigenvalue weighted by Gasteiger charge is 2.25. The highest BCUT2D eigenvalue weighted by Crippen LogP contribution is 2.20. The van der Waals surface area contributed by atoms with Crippen molar-refractivity contribution in [1.29, 1.82) is 0 Å². The van der Waals surface area contributed by atoms with Gasteiger partial charge < -0.3 is 10.2 Å². The van der Waals surface area contributed by atoms with Crippen molar-refractivity contribution >= 4 is 5.82 Å². The van der Waals surface area contributed by atoms with Gasteiger partial charge in [0.2, 0.25) is 0 Å². The first-order valence-corrected chi connectivity index (χ1v) is 6.50. The summed E-state index contributed by atoms with van der Waals surface area (Å²) in [6, 6.07) is 4.49. The van der Waals surface area contributed by atoms with E-state index >= 15 is 0 Å². The number of aromatic nitrogens is 1. The van der Waals surface area contributed by atoms with Crippen LogP contribution < -0.4 is 11.3 Å². The first kappa shape index (κ1) is 13.3. The zero-order valence-corrected chi connectivity index (χ0v) is 11.1. The molecule has 5 heteroatoms. The summed E-state index contributed by atoms with van der Waals surface area (Å²) in [6.07, 6.45) is 3.13. The van der Waals surface area contributed by atoms with E-state index in [1.165, 1.54) is 0 Å². The summed E-state index contributed by atoms with van der Waals surface area (Å²) in [4.78, 5) is 6.69. The molecule has 2 rings (SSSR count). The molecular formula is C13H22N4O. The lowest BCUT2D eigenvalue weighted by Gasteiger charge is -2.38. The van der Waals surface area contributed by atoms with Gasteiger partial charge in [-0.2, -0.15) is 0 Å². The van der Waals surface area contributed by atoms with Crippen molar-refractivity contribution in [2.45, 2.75) is 39.0 Å². The Kier molecular flexibility index (Phi) is 4.52. The number of anilines is 1. The topological polar surface area (TPSA) is 63.4 Å². The first-order chi connectivity index (χ1) is 8.74. The summed E-state index contributed by atoms with van der Waals surface area (Å²) in [7, 11) is 0. The Labute approximate surface area is 108 Å². The molecule has 0 saturated carbocycles. The van der Waals surface area contributed by atoms with Gasteiger partial charge in [-0.05, 0) is 19.4 Å². The highest BCUT2D eigenvalue weighted by atomic mass is 16.5. The van der Waals surface area contributed by atoms with Crippen molar-refractivity contribution in [2.24, 2.45) is 5.84 Å². The standard InChI is InChI=1S/C13H22N4O/c1-3-12-9-18-10(2)7-17(12)8-11-5-4-6-15-13(11)16-14/h4-6,10,12H,3,7-9,14H2,1-2H3,(H,15,16). The second-order valence-electron chi connectivity index (χ2n) is 4.79. The molecule has 3 N–H and O–H groups in total. The molecule has 2 unspecified atom stereocenters. The summed E-state index contributed by atoms with van der Waals surface area (Å²) in [5.74, 6) is 6.25. The van der Waals surface area contributed by atoms with Gasteiger partial charge in [-0.25, -0.2) is 10.8 Å². The molecule has 0 amide bonds. The summed E-state index contributed by atoms with van der Waals surface area (Å²) in [5, 5.41) is 0. The van der Waals surface area contributed by atoms with Crippen molar-refractivity contribution in [3.8, 4) is 0 Å². The van der Waals surface area contributed by atoms with E-state index in [-0.39, 0.29) is 0 Å². The summed E-state index contributed by atoms with van der Waals surface area (Å²) >= 11 is 0. The van der Waals surface area contributed by atoms with Crippen molar-refractivity contribution in [3.63, 3.8) is 0 Å². The van der Waals surface area contributed by atoms with Crippen molar-refractivity contribution in [1.82, 2.24) is 9.88 Å². The molecule has 5 nitrogen and oxygen atoms in total. The second-order valence-corrected chi connectivity index (χ2v) is 4.79. The van der Waals surface area contributed by atoms with Crippen LogP contribution in [0, 0.1) is 0 Å². The minimum atomic E-state index is 0.291. The smallest absolute Gasteiger partial charge is 0.144 e. The van der Waals surface area contributed by atoms with Crippen LogP contribution in [0.4, 0.5) is 5.82 Å². The van der Waals surface area contributed by atoms with E-state index in [2.05, 4.69) is 35.2 Å². The number of pyridine rings is 1. The van der Waals surface area contributed by atoms with E-state index in [4.69, 9.17) is 10.6 Å². The molecule has 0 radical (unpaired) electrons. The maximum atomic E-state index is 5.71. The van der Waals surface area contributed by atoms with Gasteiger partial charge in [0, 0.05) is 30.9 Å². The number of ether oxygens (including phenoxy) is 1. The average molecular weight is 250 g/mol. The van der Waals surface area contributed by atoms with Crippen LogP contribution in [0.2, 0.25) is 0 Å². The maximum Gasteiger partial charge on any atom is 0.144 e. The molecule has 18 heavy (non-hydrogen) atoms. The lowest BCUT2D eigenvalue weighted by Crippen LogP contribution is -2.48. The van der Waals surface area contributed by atoms with Gasteiger partial charge in [-0.15, -0.1) is 0 Å². The first-order valence-electron chi connectivity index (χ1n) is 6.50. The zero-order valence-electron chi connectivity index (χ0n) is 11.1. The third-order valence-electron chi connectivity index (χ3n) is 3.45. The number of nitrogens with one attached hydrogen (secondary N) is 1. The Bertz CT molecular complexity index is 385. The Hall–Kier alpha value is -1.17. The van der Waals surface area contributed by atoms with Crippen molar-refractivity contribution in [3.05, 3.63) is 23.9 Å². The van der Waals surface area contributed by atoms with E-state index in [1.807, 2.05) is 6.07 Å². The SMILES string of the molecule is CCC1COC(C)CN1Cc1cccnc1NN. The number of hydrazine groups is 1. The quantitative estimate of drug-likeness (QED) is 0.624. The predicted molar refractivity (Wildman–Crippen MR) is 72.0 cm³/mol. The zero-order chi connectivity index (χ0) is 13.0. The number of nitrogens with two attached hydrogens (primary N) is 1. The third kappa shape index (κ3) is 2.98. The number of nitrogens with zero attached hydrogens (tertiary/aromatic N) is 2. The van der Waals surface area contributed by atoms with Crippen LogP contribution in [0.25, 0.3) is 0 Å². The Morgan fingerprint density at radius 1 is 1.61 bits per heavy atom. The third-order valence-corrected chi connectivity index (χ3v) is 3.45. The lowest BCUT2D eigenvalue weighted by molar-refractivity contribution is -0.0591.